The van der Waals surface area contributed by atoms with Crippen LogP contribution in [-0.4, -0.2) is 23.5 Å². The van der Waals surface area contributed by atoms with Crippen LogP contribution in [0.2, 0.25) is 0 Å². The summed E-state index contributed by atoms with van der Waals surface area (Å²) in [4.78, 5) is 6.93. The number of thiazole rings is 1. The number of nitrogens with zero attached hydrogens (tertiary/aromatic N) is 2. The molecule has 3 nitrogen and oxygen atoms in total. The maximum atomic E-state index is 4.64. The van der Waals surface area contributed by atoms with Crippen molar-refractivity contribution < 1.29 is 0 Å². The van der Waals surface area contributed by atoms with E-state index < -0.39 is 0 Å². The maximum absolute atomic E-state index is 4.64. The fourth-order valence-electron chi connectivity index (χ4n) is 1.81. The quantitative estimate of drug-likeness (QED) is 0.816. The van der Waals surface area contributed by atoms with Crippen LogP contribution in [-0.2, 0) is 19.6 Å². The van der Waals surface area contributed by atoms with Gasteiger partial charge < -0.3 is 5.32 Å². The average molecular weight is 360 g/mol. The van der Waals surface area contributed by atoms with Crippen molar-refractivity contribution in [3.63, 3.8) is 0 Å². The van der Waals surface area contributed by atoms with Crippen LogP contribution in [0.3, 0.4) is 0 Å². The van der Waals surface area contributed by atoms with Crippen LogP contribution < -0.4 is 5.32 Å². The number of rotatable bonds is 7. The van der Waals surface area contributed by atoms with Gasteiger partial charge in [0.15, 0.2) is 0 Å². The van der Waals surface area contributed by atoms with Crippen molar-refractivity contribution in [3.05, 3.63) is 36.9 Å². The predicted octanol–water partition coefficient (Wildman–Crippen LogP) is 3.71. The highest BCUT2D eigenvalue weighted by Gasteiger charge is 2.07. The van der Waals surface area contributed by atoms with Crippen molar-refractivity contribution in [2.75, 3.05) is 13.6 Å². The number of thiophene rings is 1. The molecule has 19 heavy (non-hydrogen) atoms. The van der Waals surface area contributed by atoms with E-state index in [0.29, 0.717) is 0 Å². The lowest BCUT2D eigenvalue weighted by molar-refractivity contribution is 0.316. The van der Waals surface area contributed by atoms with Gasteiger partial charge in [0, 0.05) is 25.0 Å². The molecule has 2 aromatic heterocycles. The first-order valence-electron chi connectivity index (χ1n) is 6.23. The first-order valence-corrected chi connectivity index (χ1v) is 8.78. The van der Waals surface area contributed by atoms with Crippen molar-refractivity contribution in [1.82, 2.24) is 15.2 Å². The van der Waals surface area contributed by atoms with Crippen LogP contribution >= 0.6 is 38.6 Å². The zero-order chi connectivity index (χ0) is 13.7. The van der Waals surface area contributed by atoms with E-state index in [2.05, 4.69) is 61.9 Å². The molecule has 2 aromatic rings. The fourth-order valence-corrected chi connectivity index (χ4v) is 3.76. The fraction of sp³-hybridized carbons (Fsp3) is 0.462. The Balaban J connectivity index is 1.84. The summed E-state index contributed by atoms with van der Waals surface area (Å²) in [5.41, 5.74) is 2.51. The largest absolute Gasteiger partial charge is 0.311 e. The minimum absolute atomic E-state index is 0.877. The average Bonchev–Trinajstić information content (AvgIpc) is 2.96. The molecule has 0 bridgehead atoms. The van der Waals surface area contributed by atoms with E-state index in [1.807, 2.05) is 0 Å². The zero-order valence-corrected chi connectivity index (χ0v) is 14.4. The second-order valence-electron chi connectivity index (χ2n) is 4.44. The van der Waals surface area contributed by atoms with Crippen molar-refractivity contribution in [2.45, 2.75) is 26.6 Å². The standard InChI is InChI=1S/C13H18BrN3S2/c1-3-15-5-13-16-11(9-19-13)7-17(2)6-10-4-12(14)18-8-10/h4,8-9,15H,3,5-7H2,1-2H3. The Labute approximate surface area is 130 Å². The second-order valence-corrected chi connectivity index (χ2v) is 7.68. The SMILES string of the molecule is CCNCc1nc(CN(C)Cc2csc(Br)c2)cs1. The summed E-state index contributed by atoms with van der Waals surface area (Å²) in [6.45, 7) is 5.84. The Morgan fingerprint density at radius 2 is 2.16 bits per heavy atom. The topological polar surface area (TPSA) is 28.2 Å². The van der Waals surface area contributed by atoms with Crippen LogP contribution in [0.15, 0.2) is 20.6 Å². The summed E-state index contributed by atoms with van der Waals surface area (Å²) in [5.74, 6) is 0. The van der Waals surface area contributed by atoms with E-state index in [0.717, 1.165) is 31.9 Å². The summed E-state index contributed by atoms with van der Waals surface area (Å²) in [7, 11) is 2.13. The Bertz CT molecular complexity index is 509. The third-order valence-corrected chi connectivity index (χ3v) is 5.08. The third kappa shape index (κ3) is 4.96. The van der Waals surface area contributed by atoms with E-state index in [1.54, 1.807) is 22.7 Å². The van der Waals surface area contributed by atoms with E-state index in [9.17, 15) is 0 Å². The molecule has 0 amide bonds. The van der Waals surface area contributed by atoms with Gasteiger partial charge in [0.25, 0.3) is 0 Å². The van der Waals surface area contributed by atoms with Crippen molar-refractivity contribution >= 4 is 38.6 Å². The first-order chi connectivity index (χ1) is 9.17. The van der Waals surface area contributed by atoms with Crippen LogP contribution in [0, 0.1) is 0 Å². The zero-order valence-electron chi connectivity index (χ0n) is 11.1. The minimum Gasteiger partial charge on any atom is -0.311 e. The monoisotopic (exact) mass is 359 g/mol. The smallest absolute Gasteiger partial charge is 0.107 e. The Kier molecular flexibility index (Phi) is 5.97. The molecule has 2 rings (SSSR count). The number of hydrogen-bond acceptors (Lipinski definition) is 5. The van der Waals surface area contributed by atoms with Crippen LogP contribution in [0.1, 0.15) is 23.2 Å². The van der Waals surface area contributed by atoms with Gasteiger partial charge in [-0.1, -0.05) is 6.92 Å². The van der Waals surface area contributed by atoms with E-state index in [4.69, 9.17) is 0 Å². The van der Waals surface area contributed by atoms with Gasteiger partial charge in [-0.2, -0.15) is 0 Å². The van der Waals surface area contributed by atoms with E-state index in [-0.39, 0.29) is 0 Å². The number of nitrogens with one attached hydrogen (secondary N) is 1. The van der Waals surface area contributed by atoms with Crippen molar-refractivity contribution in [2.24, 2.45) is 0 Å². The molecule has 0 aliphatic carbocycles. The Hall–Kier alpha value is -0.270. The molecule has 0 saturated carbocycles. The van der Waals surface area contributed by atoms with Gasteiger partial charge in [-0.05, 0) is 46.5 Å². The number of hydrogen-bond donors (Lipinski definition) is 1. The molecule has 104 valence electrons. The molecule has 0 fully saturated rings. The first kappa shape index (κ1) is 15.1. The lowest BCUT2D eigenvalue weighted by Crippen LogP contribution is -2.17. The lowest BCUT2D eigenvalue weighted by atomic mass is 10.3. The highest BCUT2D eigenvalue weighted by molar-refractivity contribution is 9.11. The molecule has 2 heterocycles. The number of aromatic nitrogens is 1. The molecule has 0 unspecified atom stereocenters. The van der Waals surface area contributed by atoms with Gasteiger partial charge in [0.05, 0.1) is 9.48 Å². The summed E-state index contributed by atoms with van der Waals surface area (Å²) >= 11 is 6.97. The van der Waals surface area contributed by atoms with Crippen LogP contribution in [0.5, 0.6) is 0 Å². The normalized spacial score (nSPS) is 11.4. The summed E-state index contributed by atoms with van der Waals surface area (Å²) in [6.07, 6.45) is 0. The third-order valence-electron chi connectivity index (χ3n) is 2.63. The van der Waals surface area contributed by atoms with Gasteiger partial charge in [-0.3, -0.25) is 4.90 Å². The van der Waals surface area contributed by atoms with Gasteiger partial charge in [-0.25, -0.2) is 4.98 Å². The van der Waals surface area contributed by atoms with Crippen molar-refractivity contribution in [1.29, 1.82) is 0 Å². The summed E-state index contributed by atoms with van der Waals surface area (Å²) in [6, 6.07) is 2.18. The molecule has 0 radical (unpaired) electrons. The van der Waals surface area contributed by atoms with Gasteiger partial charge in [0.1, 0.15) is 5.01 Å². The predicted molar refractivity (Wildman–Crippen MR) is 86.7 cm³/mol. The van der Waals surface area contributed by atoms with Crippen molar-refractivity contribution in [3.8, 4) is 0 Å². The Morgan fingerprint density at radius 1 is 1.32 bits per heavy atom. The molecule has 0 saturated heterocycles. The van der Waals surface area contributed by atoms with E-state index >= 15 is 0 Å². The Morgan fingerprint density at radius 3 is 2.84 bits per heavy atom. The number of halogens is 1. The second kappa shape index (κ2) is 7.50. The summed E-state index contributed by atoms with van der Waals surface area (Å²) in [5, 5.41) is 8.83. The molecule has 0 aliphatic heterocycles. The highest BCUT2D eigenvalue weighted by atomic mass is 79.9. The van der Waals surface area contributed by atoms with Crippen LogP contribution in [0.4, 0.5) is 0 Å². The van der Waals surface area contributed by atoms with E-state index in [1.165, 1.54) is 14.4 Å². The molecule has 0 aliphatic rings. The minimum atomic E-state index is 0.877. The molecule has 1 N–H and O–H groups in total. The lowest BCUT2D eigenvalue weighted by Gasteiger charge is -2.13. The van der Waals surface area contributed by atoms with Gasteiger partial charge >= 0.3 is 0 Å². The van der Waals surface area contributed by atoms with Gasteiger partial charge in [0.2, 0.25) is 0 Å². The summed E-state index contributed by atoms with van der Waals surface area (Å²) < 4.78 is 1.19. The highest BCUT2D eigenvalue weighted by Crippen LogP contribution is 2.22. The molecule has 0 atom stereocenters. The molecule has 0 spiro atoms. The van der Waals surface area contributed by atoms with Gasteiger partial charge in [-0.15, -0.1) is 22.7 Å². The maximum Gasteiger partial charge on any atom is 0.107 e. The molecular weight excluding hydrogens is 342 g/mol. The molecule has 0 aromatic carbocycles. The molecular formula is C13H18BrN3S2. The molecule has 6 heteroatoms. The van der Waals surface area contributed by atoms with Crippen LogP contribution in [0.25, 0.3) is 0 Å².